The number of rotatable bonds is 10. The molecule has 21 heavy (non-hydrogen) atoms. The van der Waals surface area contributed by atoms with Crippen molar-refractivity contribution in [2.75, 3.05) is 61.7 Å². The lowest BCUT2D eigenvalue weighted by Gasteiger charge is -2.24. The molecule has 9 nitrogen and oxygen atoms in total. The van der Waals surface area contributed by atoms with Crippen LogP contribution in [0.3, 0.4) is 0 Å². The Bertz CT molecular complexity index is 415. The molecule has 0 atom stereocenters. The van der Waals surface area contributed by atoms with E-state index in [0.717, 1.165) is 13.1 Å². The Morgan fingerprint density at radius 1 is 1.10 bits per heavy atom. The molecule has 1 heterocycles. The van der Waals surface area contributed by atoms with Crippen molar-refractivity contribution < 1.29 is 9.84 Å². The van der Waals surface area contributed by atoms with Gasteiger partial charge in [0.25, 0.3) is 0 Å². The SMILES string of the molecule is CCN(CC)c1nc(NN)nc(N(CCO)CCOC)n1. The van der Waals surface area contributed by atoms with Crippen LogP contribution in [0.15, 0.2) is 0 Å². The molecule has 0 aliphatic heterocycles. The second-order valence-corrected chi connectivity index (χ2v) is 4.28. The van der Waals surface area contributed by atoms with Gasteiger partial charge in [0.2, 0.25) is 17.8 Å². The summed E-state index contributed by atoms with van der Waals surface area (Å²) in [5.41, 5.74) is 2.45. The fraction of sp³-hybridized carbons (Fsp3) is 0.750. The van der Waals surface area contributed by atoms with Crippen LogP contribution in [-0.2, 0) is 4.74 Å². The molecule has 1 rings (SSSR count). The number of hydrogen-bond acceptors (Lipinski definition) is 9. The summed E-state index contributed by atoms with van der Waals surface area (Å²) in [7, 11) is 1.62. The quantitative estimate of drug-likeness (QED) is 0.387. The first kappa shape index (κ1) is 17.3. The van der Waals surface area contributed by atoms with Crippen LogP contribution in [-0.4, -0.2) is 66.6 Å². The molecule has 0 fully saturated rings. The largest absolute Gasteiger partial charge is 0.395 e. The lowest BCUT2D eigenvalue weighted by atomic mass is 10.5. The topological polar surface area (TPSA) is 113 Å². The minimum Gasteiger partial charge on any atom is -0.395 e. The van der Waals surface area contributed by atoms with Crippen LogP contribution in [0.25, 0.3) is 0 Å². The van der Waals surface area contributed by atoms with Crippen LogP contribution >= 0.6 is 0 Å². The fourth-order valence-electron chi connectivity index (χ4n) is 1.84. The minimum absolute atomic E-state index is 0.00138. The molecule has 0 bridgehead atoms. The number of aliphatic hydroxyl groups is 1. The van der Waals surface area contributed by atoms with Crippen molar-refractivity contribution in [3.05, 3.63) is 0 Å². The van der Waals surface area contributed by atoms with Crippen LogP contribution in [0, 0.1) is 0 Å². The third kappa shape index (κ3) is 4.96. The number of nitrogens with zero attached hydrogens (tertiary/aromatic N) is 5. The smallest absolute Gasteiger partial charge is 0.243 e. The normalized spacial score (nSPS) is 10.5. The first-order chi connectivity index (χ1) is 10.2. The van der Waals surface area contributed by atoms with E-state index in [9.17, 15) is 5.11 Å². The van der Waals surface area contributed by atoms with Gasteiger partial charge in [0, 0.05) is 33.3 Å². The number of nitrogen functional groups attached to an aromatic ring is 1. The molecule has 0 aliphatic carbocycles. The maximum Gasteiger partial charge on any atom is 0.243 e. The Kier molecular flexibility index (Phi) is 7.65. The zero-order valence-corrected chi connectivity index (χ0v) is 12.9. The molecular weight excluding hydrogens is 274 g/mol. The monoisotopic (exact) mass is 299 g/mol. The average Bonchev–Trinajstić information content (AvgIpc) is 2.52. The molecule has 9 heteroatoms. The summed E-state index contributed by atoms with van der Waals surface area (Å²) in [6.07, 6.45) is 0. The molecule has 1 aromatic rings. The summed E-state index contributed by atoms with van der Waals surface area (Å²) >= 11 is 0. The molecule has 0 saturated heterocycles. The first-order valence-corrected chi connectivity index (χ1v) is 7.02. The Morgan fingerprint density at radius 3 is 2.19 bits per heavy atom. The predicted molar refractivity (Wildman–Crippen MR) is 82.4 cm³/mol. The van der Waals surface area contributed by atoms with E-state index in [2.05, 4.69) is 20.4 Å². The molecule has 0 amide bonds. The van der Waals surface area contributed by atoms with E-state index in [4.69, 9.17) is 10.6 Å². The number of nitrogens with two attached hydrogens (primary N) is 1. The lowest BCUT2D eigenvalue weighted by molar-refractivity contribution is 0.202. The highest BCUT2D eigenvalue weighted by molar-refractivity contribution is 5.44. The molecule has 0 unspecified atom stereocenters. The highest BCUT2D eigenvalue weighted by atomic mass is 16.5. The van der Waals surface area contributed by atoms with Crippen molar-refractivity contribution in [3.63, 3.8) is 0 Å². The Morgan fingerprint density at radius 2 is 1.71 bits per heavy atom. The number of hydrogen-bond donors (Lipinski definition) is 3. The molecule has 120 valence electrons. The van der Waals surface area contributed by atoms with Crippen molar-refractivity contribution in [1.82, 2.24) is 15.0 Å². The van der Waals surface area contributed by atoms with E-state index in [0.29, 0.717) is 37.5 Å². The zero-order valence-electron chi connectivity index (χ0n) is 12.9. The van der Waals surface area contributed by atoms with Gasteiger partial charge < -0.3 is 19.6 Å². The van der Waals surface area contributed by atoms with Gasteiger partial charge in [0.15, 0.2) is 0 Å². The molecule has 0 spiro atoms. The van der Waals surface area contributed by atoms with Crippen molar-refractivity contribution in [1.29, 1.82) is 0 Å². The van der Waals surface area contributed by atoms with E-state index < -0.39 is 0 Å². The molecular formula is C12H25N7O2. The van der Waals surface area contributed by atoms with Crippen molar-refractivity contribution in [2.45, 2.75) is 13.8 Å². The number of methoxy groups -OCH3 is 1. The second kappa shape index (κ2) is 9.27. The maximum atomic E-state index is 9.19. The highest BCUT2D eigenvalue weighted by Crippen LogP contribution is 2.16. The second-order valence-electron chi connectivity index (χ2n) is 4.28. The Hall–Kier alpha value is -1.71. The predicted octanol–water partition coefficient (Wildman–Crippen LogP) is -0.551. The summed E-state index contributed by atoms with van der Waals surface area (Å²) in [6.45, 7) is 7.11. The molecule has 0 aliphatic rings. The zero-order chi connectivity index (χ0) is 15.7. The average molecular weight is 299 g/mol. The molecule has 0 radical (unpaired) electrons. The van der Waals surface area contributed by atoms with Crippen molar-refractivity contribution in [3.8, 4) is 0 Å². The van der Waals surface area contributed by atoms with Gasteiger partial charge in [-0.15, -0.1) is 0 Å². The molecule has 0 saturated carbocycles. The number of ether oxygens (including phenoxy) is 1. The van der Waals surface area contributed by atoms with Gasteiger partial charge >= 0.3 is 0 Å². The van der Waals surface area contributed by atoms with Gasteiger partial charge in [-0.2, -0.15) is 15.0 Å². The molecule has 0 aromatic carbocycles. The number of aromatic nitrogens is 3. The summed E-state index contributed by atoms with van der Waals surface area (Å²) in [5, 5.41) is 9.19. The van der Waals surface area contributed by atoms with Crippen molar-refractivity contribution >= 4 is 17.8 Å². The van der Waals surface area contributed by atoms with E-state index in [-0.39, 0.29) is 6.61 Å². The van der Waals surface area contributed by atoms with Gasteiger partial charge in [-0.1, -0.05) is 0 Å². The summed E-state index contributed by atoms with van der Waals surface area (Å²) in [6, 6.07) is 0. The minimum atomic E-state index is 0.00138. The van der Waals surface area contributed by atoms with E-state index in [1.807, 2.05) is 23.6 Å². The van der Waals surface area contributed by atoms with Crippen LogP contribution in [0.4, 0.5) is 17.8 Å². The van der Waals surface area contributed by atoms with Crippen LogP contribution in [0.2, 0.25) is 0 Å². The number of anilines is 3. The third-order valence-electron chi connectivity index (χ3n) is 3.01. The van der Waals surface area contributed by atoms with Crippen LogP contribution in [0.1, 0.15) is 13.8 Å². The number of nitrogens with one attached hydrogen (secondary N) is 1. The van der Waals surface area contributed by atoms with E-state index >= 15 is 0 Å². The van der Waals surface area contributed by atoms with Gasteiger partial charge in [-0.3, -0.25) is 5.43 Å². The van der Waals surface area contributed by atoms with E-state index in [1.54, 1.807) is 7.11 Å². The molecule has 1 aromatic heterocycles. The fourth-order valence-corrected chi connectivity index (χ4v) is 1.84. The van der Waals surface area contributed by atoms with Gasteiger partial charge in [0.05, 0.1) is 13.2 Å². The van der Waals surface area contributed by atoms with Gasteiger partial charge in [0.1, 0.15) is 0 Å². The Balaban J connectivity index is 3.09. The summed E-state index contributed by atoms with van der Waals surface area (Å²) in [4.78, 5) is 16.8. The maximum absolute atomic E-state index is 9.19. The van der Waals surface area contributed by atoms with Gasteiger partial charge in [-0.25, -0.2) is 5.84 Å². The standard InChI is InChI=1S/C12H25N7O2/c1-4-18(5-2)11-14-10(17-13)15-12(16-11)19(6-8-20)7-9-21-3/h20H,4-9,13H2,1-3H3,(H,14,15,16,17). The highest BCUT2D eigenvalue weighted by Gasteiger charge is 2.15. The van der Waals surface area contributed by atoms with Crippen molar-refractivity contribution in [2.24, 2.45) is 5.84 Å². The van der Waals surface area contributed by atoms with Crippen LogP contribution in [0.5, 0.6) is 0 Å². The number of aliphatic hydroxyl groups excluding tert-OH is 1. The molecule has 4 N–H and O–H groups in total. The third-order valence-corrected chi connectivity index (χ3v) is 3.01. The summed E-state index contributed by atoms with van der Waals surface area (Å²) in [5.74, 6) is 6.74. The summed E-state index contributed by atoms with van der Waals surface area (Å²) < 4.78 is 5.07. The van der Waals surface area contributed by atoms with E-state index in [1.165, 1.54) is 0 Å². The van der Waals surface area contributed by atoms with Crippen LogP contribution < -0.4 is 21.1 Å². The lowest BCUT2D eigenvalue weighted by Crippen LogP contribution is -2.33. The number of hydrazine groups is 1. The Labute approximate surface area is 125 Å². The first-order valence-electron chi connectivity index (χ1n) is 7.02. The van der Waals surface area contributed by atoms with Gasteiger partial charge in [-0.05, 0) is 13.8 Å².